The van der Waals surface area contributed by atoms with E-state index >= 15 is 0 Å². The van der Waals surface area contributed by atoms with E-state index in [0.717, 1.165) is 35.7 Å². The number of likely N-dealkylation sites (N-methyl/N-ethyl adjacent to an activating group) is 1. The van der Waals surface area contributed by atoms with Crippen LogP contribution in [0.15, 0.2) is 42.6 Å². The third-order valence-electron chi connectivity index (χ3n) is 14.9. The molecule has 438 valence electrons. The molecule has 4 rings (SSSR count). The molecule has 0 radical (unpaired) electrons. The Balaban J connectivity index is 0.000000518. The summed E-state index contributed by atoms with van der Waals surface area (Å²) in [6.07, 6.45) is 9.21. The predicted molar refractivity (Wildman–Crippen MR) is 300 cm³/mol. The van der Waals surface area contributed by atoms with Crippen LogP contribution in [0.5, 0.6) is 0 Å². The minimum absolute atomic E-state index is 0.00286. The first-order valence-electron chi connectivity index (χ1n) is 28.0. The van der Waals surface area contributed by atoms with Crippen LogP contribution in [0.1, 0.15) is 146 Å². The Bertz CT molecular complexity index is 2280. The van der Waals surface area contributed by atoms with Gasteiger partial charge in [0.25, 0.3) is 11.8 Å². The number of Topliss-reactive ketones (excluding diaryl/α,β-unsaturated/α-hetero) is 1. The lowest BCUT2D eigenvalue weighted by Gasteiger charge is -2.35. The third-order valence-corrected chi connectivity index (χ3v) is 14.9. The summed E-state index contributed by atoms with van der Waals surface area (Å²) in [6.45, 7) is 22.7. The maximum absolute atomic E-state index is 13.4. The van der Waals surface area contributed by atoms with E-state index in [1.165, 1.54) is 24.0 Å². The molecule has 2 aliphatic heterocycles. The van der Waals surface area contributed by atoms with Crippen molar-refractivity contribution in [3.8, 4) is 0 Å². The second kappa shape index (κ2) is 34.8. The van der Waals surface area contributed by atoms with E-state index in [4.69, 9.17) is 9.47 Å². The van der Waals surface area contributed by atoms with Crippen LogP contribution in [0.4, 0.5) is 0 Å². The number of rotatable bonds is 30. The first-order chi connectivity index (χ1) is 37.0. The summed E-state index contributed by atoms with van der Waals surface area (Å²) in [5.74, 6) is -3.08. The Morgan fingerprint density at radius 2 is 1.44 bits per heavy atom. The molecule has 20 heteroatoms. The van der Waals surface area contributed by atoms with Crippen molar-refractivity contribution in [1.82, 2.24) is 41.2 Å². The van der Waals surface area contributed by atoms with Crippen LogP contribution in [0.2, 0.25) is 0 Å². The minimum atomic E-state index is -1.10. The smallest absolute Gasteiger partial charge is 0.326 e. The van der Waals surface area contributed by atoms with E-state index in [1.807, 2.05) is 82.7 Å². The molecule has 2 aromatic rings. The molecule has 7 amide bonds. The number of methoxy groups -OCH3 is 2. The molecule has 1 unspecified atom stereocenters. The van der Waals surface area contributed by atoms with Crippen LogP contribution in [-0.2, 0) is 59.0 Å². The number of carboxylic acid groups (broad SMARTS) is 1. The maximum atomic E-state index is 13.4. The summed E-state index contributed by atoms with van der Waals surface area (Å²) >= 11 is 0. The van der Waals surface area contributed by atoms with Crippen LogP contribution in [0.25, 0.3) is 10.9 Å². The Hall–Kier alpha value is -5.99. The molecule has 1 aromatic heterocycles. The van der Waals surface area contributed by atoms with Crippen molar-refractivity contribution in [3.63, 3.8) is 0 Å². The van der Waals surface area contributed by atoms with Gasteiger partial charge >= 0.3 is 5.97 Å². The quantitative estimate of drug-likeness (QED) is 0.0293. The lowest BCUT2D eigenvalue weighted by Crippen LogP contribution is -2.54. The van der Waals surface area contributed by atoms with Gasteiger partial charge in [0.1, 0.15) is 6.04 Å². The average molecular weight is 1100 g/mol. The Labute approximate surface area is 463 Å². The topological polar surface area (TPSA) is 266 Å². The third kappa shape index (κ3) is 21.0. The lowest BCUT2D eigenvalue weighted by atomic mass is 9.87. The van der Waals surface area contributed by atoms with Gasteiger partial charge in [0.15, 0.2) is 5.78 Å². The predicted octanol–water partition coefficient (Wildman–Crippen LogP) is 6.12. The molecule has 2 aliphatic rings. The summed E-state index contributed by atoms with van der Waals surface area (Å²) < 4.78 is 11.5. The van der Waals surface area contributed by atoms with Crippen LogP contribution in [0.3, 0.4) is 0 Å². The van der Waals surface area contributed by atoms with Crippen molar-refractivity contribution in [1.29, 1.82) is 0 Å². The van der Waals surface area contributed by atoms with Crippen molar-refractivity contribution >= 4 is 64.0 Å². The van der Waals surface area contributed by atoms with Gasteiger partial charge in [0.2, 0.25) is 29.5 Å². The second-order valence-electron chi connectivity index (χ2n) is 21.2. The number of aromatic amines is 1. The van der Waals surface area contributed by atoms with Gasteiger partial charge in [-0.05, 0) is 87.9 Å². The normalized spacial score (nSPS) is 17.3. The largest absolute Gasteiger partial charge is 0.480 e. The highest BCUT2D eigenvalue weighted by Crippen LogP contribution is 2.30. The summed E-state index contributed by atoms with van der Waals surface area (Å²) in [6, 6.07) is 5.31. The monoisotopic (exact) mass is 1090 g/mol. The number of amides is 7. The first kappa shape index (κ1) is 68.1. The number of hydrogen-bond acceptors (Lipinski definition) is 12. The van der Waals surface area contributed by atoms with Crippen molar-refractivity contribution in [2.75, 3.05) is 40.9 Å². The summed E-state index contributed by atoms with van der Waals surface area (Å²) in [5.41, 5.74) is 6.52. The standard InChI is InChI=1S/C30H45N3O6.C26H43N5O6.C2H6/c1-7-18(2)19(3)26(38-5)16-27(34)33-14-10-13-25(33)28(39-6)20(4)29(35)32-24(30(36)37)15-21-17-31-23-12-9-8-11-22(21)23;1-17(2)24(19(5)32)27-26(37)25(18(3)4)30(6)15-10-12-21(34)29-28-20(33)11-8-7-9-16-31-22(35)13-14-23(31)36;1-2/h8-9,11-12,17-20,24-26,28,31H,7,10,13-16H2,1-6H3,(H,32,35)(H,36,37);13-14,17-18,24-25H,7-12,15-16H2,1-6H3,(H,27,37)(H,28,33)(H,29,34);1-2H3/t18-,19-,20+,24-,25-,26+,28+;24-,25?;/m00./s1. The summed E-state index contributed by atoms with van der Waals surface area (Å²) in [7, 11) is 5.00. The Kier molecular flexibility index (Phi) is 30.4. The number of nitrogens with zero attached hydrogens (tertiary/aromatic N) is 3. The lowest BCUT2D eigenvalue weighted by molar-refractivity contribution is -0.145. The highest BCUT2D eigenvalue weighted by molar-refractivity contribution is 6.12. The van der Waals surface area contributed by atoms with Gasteiger partial charge < -0.3 is 35.1 Å². The van der Waals surface area contributed by atoms with Crippen LogP contribution in [0, 0.1) is 29.6 Å². The van der Waals surface area contributed by atoms with E-state index in [9.17, 15) is 48.3 Å². The van der Waals surface area contributed by atoms with Crippen LogP contribution >= 0.6 is 0 Å². The molecule has 1 saturated heterocycles. The van der Waals surface area contributed by atoms with E-state index in [2.05, 4.69) is 47.2 Å². The van der Waals surface area contributed by atoms with E-state index in [0.29, 0.717) is 51.2 Å². The highest BCUT2D eigenvalue weighted by Gasteiger charge is 2.41. The van der Waals surface area contributed by atoms with Crippen molar-refractivity contribution in [2.24, 2.45) is 29.6 Å². The molecule has 78 heavy (non-hydrogen) atoms. The molecular formula is C58H94N8O12. The highest BCUT2D eigenvalue weighted by atomic mass is 16.5. The molecule has 0 spiro atoms. The van der Waals surface area contributed by atoms with Crippen molar-refractivity contribution in [3.05, 3.63) is 48.2 Å². The molecule has 3 heterocycles. The van der Waals surface area contributed by atoms with Crippen LogP contribution in [-0.4, -0.2) is 155 Å². The number of hydrogen-bond donors (Lipinski definition) is 6. The molecule has 0 saturated carbocycles. The van der Waals surface area contributed by atoms with Gasteiger partial charge in [-0.2, -0.15) is 0 Å². The second-order valence-corrected chi connectivity index (χ2v) is 21.2. The maximum Gasteiger partial charge on any atom is 0.326 e. The minimum Gasteiger partial charge on any atom is -0.480 e. The number of ketones is 1. The number of ether oxygens (including phenoxy) is 2. The van der Waals surface area contributed by atoms with Gasteiger partial charge in [-0.25, -0.2) is 4.79 Å². The number of hydrazine groups is 1. The number of H-pyrrole nitrogens is 1. The number of para-hydroxylation sites is 1. The number of imide groups is 1. The number of nitrogens with one attached hydrogen (secondary N) is 5. The number of benzene rings is 1. The average Bonchev–Trinajstić information content (AvgIpc) is 4.15. The number of fused-ring (bicyclic) bond motifs is 1. The summed E-state index contributed by atoms with van der Waals surface area (Å²) in [5, 5.41) is 16.4. The van der Waals surface area contributed by atoms with Gasteiger partial charge in [-0.15, -0.1) is 0 Å². The number of aliphatic carboxylic acids is 1. The molecule has 0 aliphatic carbocycles. The van der Waals surface area contributed by atoms with Gasteiger partial charge in [-0.1, -0.05) is 100 Å². The van der Waals surface area contributed by atoms with E-state index in [-0.39, 0.29) is 96.8 Å². The number of carbonyl (C=O) groups is 9. The zero-order chi connectivity index (χ0) is 58.8. The molecule has 1 aromatic carbocycles. The number of carbonyl (C=O) groups excluding carboxylic acids is 8. The molecule has 20 nitrogen and oxygen atoms in total. The number of carboxylic acids is 1. The van der Waals surface area contributed by atoms with Gasteiger partial charge in [0, 0.05) is 75.8 Å². The fourth-order valence-corrected chi connectivity index (χ4v) is 10.1. The van der Waals surface area contributed by atoms with Crippen LogP contribution < -0.4 is 21.5 Å². The van der Waals surface area contributed by atoms with E-state index in [1.54, 1.807) is 27.3 Å². The van der Waals surface area contributed by atoms with Gasteiger partial charge in [-0.3, -0.25) is 59.0 Å². The number of likely N-dealkylation sites (tertiary alicyclic amines) is 1. The molecular weight excluding hydrogens is 1000 g/mol. The molecule has 6 N–H and O–H groups in total. The van der Waals surface area contributed by atoms with Crippen molar-refractivity contribution in [2.45, 2.75) is 183 Å². The van der Waals surface area contributed by atoms with Gasteiger partial charge in [0.05, 0.1) is 42.7 Å². The van der Waals surface area contributed by atoms with E-state index < -0.39 is 42.0 Å². The number of aromatic nitrogens is 1. The number of unbranched alkanes of at least 4 members (excludes halogenated alkanes) is 2. The Morgan fingerprint density at radius 1 is 0.821 bits per heavy atom. The van der Waals surface area contributed by atoms with Crippen molar-refractivity contribution < 1.29 is 57.7 Å². The summed E-state index contributed by atoms with van der Waals surface area (Å²) in [4.78, 5) is 119. The molecule has 1 fully saturated rings. The zero-order valence-corrected chi connectivity index (χ0v) is 49.1. The molecule has 0 bridgehead atoms. The fourth-order valence-electron chi connectivity index (χ4n) is 10.1. The fraction of sp³-hybridized carbons (Fsp3) is 0.672. The molecule has 9 atom stereocenters. The Morgan fingerprint density at radius 3 is 1.99 bits per heavy atom. The zero-order valence-electron chi connectivity index (χ0n) is 49.1. The first-order valence-corrected chi connectivity index (χ1v) is 28.0. The SMILES string of the molecule is CC.CC(=O)[C@@H](NC(=O)C(C(C)C)N(C)CCCC(=O)NNC(=O)CCCCCN1C(=O)C=CC1=O)C(C)C.CC[C@H](C)[C@H](C)[C@@H](CC(=O)N1CCC[C@H]1[C@H](OC)[C@@H](C)C(=O)N[C@@H](Cc1c[nH]c2ccccc12)C(=O)O)OC.